The lowest BCUT2D eigenvalue weighted by Gasteiger charge is -2.09. The topological polar surface area (TPSA) is 52.4 Å². The lowest BCUT2D eigenvalue weighted by Crippen LogP contribution is -2.23. The van der Waals surface area contributed by atoms with E-state index in [4.69, 9.17) is 4.74 Å². The maximum Gasteiger partial charge on any atom is 0.243 e. The van der Waals surface area contributed by atoms with E-state index in [9.17, 15) is 10.1 Å². The summed E-state index contributed by atoms with van der Waals surface area (Å²) in [5, 5.41) is 10.3. The number of nitro groups is 1. The molecule has 4 heteroatoms. The van der Waals surface area contributed by atoms with Crippen molar-refractivity contribution in [2.24, 2.45) is 0 Å². The van der Waals surface area contributed by atoms with Crippen molar-refractivity contribution < 1.29 is 9.66 Å². The third-order valence-electron chi connectivity index (χ3n) is 1.93. The summed E-state index contributed by atoms with van der Waals surface area (Å²) < 4.78 is 5.32. The van der Waals surface area contributed by atoms with Gasteiger partial charge in [-0.3, -0.25) is 10.1 Å². The van der Waals surface area contributed by atoms with E-state index in [0.29, 0.717) is 5.75 Å². The first-order chi connectivity index (χ1) is 6.61. The van der Waals surface area contributed by atoms with Gasteiger partial charge in [0, 0.05) is 11.8 Å². The molecule has 0 aromatic heterocycles. The molecule has 0 saturated heterocycles. The van der Waals surface area contributed by atoms with Gasteiger partial charge < -0.3 is 4.74 Å². The number of rotatable bonds is 4. The standard InChI is InChI=1S/C10H13NO3/c1-8-5-3-4-6-10(8)14-7-9(2)11(12)13/h3-6,9H,7H2,1-2H3. The van der Waals surface area contributed by atoms with Crippen LogP contribution in [0.2, 0.25) is 0 Å². The number of nitrogens with zero attached hydrogens (tertiary/aromatic N) is 1. The molecule has 0 aliphatic heterocycles. The van der Waals surface area contributed by atoms with Crippen molar-refractivity contribution in [3.05, 3.63) is 39.9 Å². The maximum atomic E-state index is 10.3. The van der Waals surface area contributed by atoms with Crippen LogP contribution >= 0.6 is 0 Å². The Morgan fingerprint density at radius 3 is 2.71 bits per heavy atom. The van der Waals surface area contributed by atoms with Crippen molar-refractivity contribution in [2.75, 3.05) is 6.61 Å². The van der Waals surface area contributed by atoms with Crippen LogP contribution in [0, 0.1) is 17.0 Å². The van der Waals surface area contributed by atoms with Gasteiger partial charge in [0.15, 0.2) is 6.61 Å². The summed E-state index contributed by atoms with van der Waals surface area (Å²) in [5.41, 5.74) is 0.989. The predicted octanol–water partition coefficient (Wildman–Crippen LogP) is 2.04. The molecule has 1 rings (SSSR count). The van der Waals surface area contributed by atoms with E-state index in [1.54, 1.807) is 0 Å². The first-order valence-electron chi connectivity index (χ1n) is 4.43. The molecule has 0 heterocycles. The monoisotopic (exact) mass is 195 g/mol. The molecule has 1 unspecified atom stereocenters. The van der Waals surface area contributed by atoms with Gasteiger partial charge in [-0.2, -0.15) is 0 Å². The minimum absolute atomic E-state index is 0.109. The molecule has 0 fully saturated rings. The molecule has 0 aliphatic rings. The van der Waals surface area contributed by atoms with Crippen LogP contribution in [-0.2, 0) is 0 Å². The SMILES string of the molecule is Cc1ccccc1OCC(C)[N+](=O)[O-]. The Bertz CT molecular complexity index is 325. The van der Waals surface area contributed by atoms with Crippen LogP contribution in [0.4, 0.5) is 0 Å². The number of hydrogen-bond donors (Lipinski definition) is 0. The van der Waals surface area contributed by atoms with Gasteiger partial charge in [-0.15, -0.1) is 0 Å². The molecule has 0 N–H and O–H groups in total. The van der Waals surface area contributed by atoms with Crippen LogP contribution in [0.15, 0.2) is 24.3 Å². The van der Waals surface area contributed by atoms with Gasteiger partial charge in [-0.1, -0.05) is 18.2 Å². The second-order valence-corrected chi connectivity index (χ2v) is 3.21. The summed E-state index contributed by atoms with van der Waals surface area (Å²) in [6.07, 6.45) is 0. The van der Waals surface area contributed by atoms with Crippen molar-refractivity contribution in [3.63, 3.8) is 0 Å². The normalized spacial score (nSPS) is 12.1. The average molecular weight is 195 g/mol. The summed E-state index contributed by atoms with van der Waals surface area (Å²) in [5.74, 6) is 0.709. The Labute approximate surface area is 82.7 Å². The van der Waals surface area contributed by atoms with Crippen LogP contribution in [0.3, 0.4) is 0 Å². The summed E-state index contributed by atoms with van der Waals surface area (Å²) in [7, 11) is 0. The zero-order valence-corrected chi connectivity index (χ0v) is 8.27. The van der Waals surface area contributed by atoms with Crippen molar-refractivity contribution >= 4 is 0 Å². The van der Waals surface area contributed by atoms with Crippen molar-refractivity contribution in [1.29, 1.82) is 0 Å². The second kappa shape index (κ2) is 4.60. The van der Waals surface area contributed by atoms with Gasteiger partial charge in [-0.05, 0) is 18.6 Å². The Hall–Kier alpha value is -1.58. The quantitative estimate of drug-likeness (QED) is 0.545. The number of benzene rings is 1. The highest BCUT2D eigenvalue weighted by Crippen LogP contribution is 2.16. The first kappa shape index (κ1) is 10.5. The molecule has 14 heavy (non-hydrogen) atoms. The molecule has 76 valence electrons. The van der Waals surface area contributed by atoms with Crippen LogP contribution in [0.5, 0.6) is 5.75 Å². The fourth-order valence-electron chi connectivity index (χ4n) is 0.990. The van der Waals surface area contributed by atoms with E-state index >= 15 is 0 Å². The minimum Gasteiger partial charge on any atom is -0.486 e. The van der Waals surface area contributed by atoms with E-state index in [1.807, 2.05) is 31.2 Å². The Morgan fingerprint density at radius 1 is 1.50 bits per heavy atom. The summed E-state index contributed by atoms with van der Waals surface area (Å²) >= 11 is 0. The second-order valence-electron chi connectivity index (χ2n) is 3.21. The third kappa shape index (κ3) is 2.73. The molecule has 0 spiro atoms. The van der Waals surface area contributed by atoms with Crippen molar-refractivity contribution in [1.82, 2.24) is 0 Å². The largest absolute Gasteiger partial charge is 0.486 e. The molecule has 0 radical (unpaired) electrons. The van der Waals surface area contributed by atoms with Crippen LogP contribution < -0.4 is 4.74 Å². The molecule has 1 aromatic carbocycles. The molecule has 1 aromatic rings. The Kier molecular flexibility index (Phi) is 3.45. The lowest BCUT2D eigenvalue weighted by atomic mass is 10.2. The predicted molar refractivity (Wildman–Crippen MR) is 53.1 cm³/mol. The minimum atomic E-state index is -0.672. The smallest absolute Gasteiger partial charge is 0.243 e. The number of aryl methyl sites for hydroxylation is 1. The van der Waals surface area contributed by atoms with Gasteiger partial charge >= 0.3 is 0 Å². The molecule has 0 amide bonds. The zero-order valence-electron chi connectivity index (χ0n) is 8.27. The van der Waals surface area contributed by atoms with Crippen LogP contribution in [-0.4, -0.2) is 17.6 Å². The van der Waals surface area contributed by atoms with Gasteiger partial charge in [-0.25, -0.2) is 0 Å². The van der Waals surface area contributed by atoms with E-state index in [2.05, 4.69) is 0 Å². The van der Waals surface area contributed by atoms with E-state index < -0.39 is 6.04 Å². The van der Waals surface area contributed by atoms with E-state index in [1.165, 1.54) is 6.92 Å². The molecule has 1 atom stereocenters. The van der Waals surface area contributed by atoms with Gasteiger partial charge in [0.1, 0.15) is 5.75 Å². The van der Waals surface area contributed by atoms with Crippen LogP contribution in [0.25, 0.3) is 0 Å². The molecular weight excluding hydrogens is 182 g/mol. The molecule has 0 bridgehead atoms. The highest BCUT2D eigenvalue weighted by Gasteiger charge is 2.13. The molecule has 0 aliphatic carbocycles. The molecule has 0 saturated carbocycles. The number of para-hydroxylation sites is 1. The molecule has 4 nitrogen and oxygen atoms in total. The highest BCUT2D eigenvalue weighted by molar-refractivity contribution is 5.31. The fourth-order valence-corrected chi connectivity index (χ4v) is 0.990. The number of ether oxygens (including phenoxy) is 1. The lowest BCUT2D eigenvalue weighted by molar-refractivity contribution is -0.520. The summed E-state index contributed by atoms with van der Waals surface area (Å²) in [6, 6.07) is 6.79. The number of hydrogen-bond acceptors (Lipinski definition) is 3. The highest BCUT2D eigenvalue weighted by atomic mass is 16.6. The van der Waals surface area contributed by atoms with E-state index in [0.717, 1.165) is 5.56 Å². The summed E-state index contributed by atoms with van der Waals surface area (Å²) in [4.78, 5) is 9.98. The van der Waals surface area contributed by atoms with Gasteiger partial charge in [0.05, 0.1) is 0 Å². The van der Waals surface area contributed by atoms with Crippen molar-refractivity contribution in [3.8, 4) is 5.75 Å². The van der Waals surface area contributed by atoms with Crippen molar-refractivity contribution in [2.45, 2.75) is 19.9 Å². The first-order valence-corrected chi connectivity index (χ1v) is 4.43. The summed E-state index contributed by atoms with van der Waals surface area (Å²) in [6.45, 7) is 3.54. The Balaban J connectivity index is 2.54. The Morgan fingerprint density at radius 2 is 2.14 bits per heavy atom. The molecular formula is C10H13NO3. The zero-order chi connectivity index (χ0) is 10.6. The third-order valence-corrected chi connectivity index (χ3v) is 1.93. The van der Waals surface area contributed by atoms with E-state index in [-0.39, 0.29) is 11.5 Å². The van der Waals surface area contributed by atoms with Crippen LogP contribution in [0.1, 0.15) is 12.5 Å². The van der Waals surface area contributed by atoms with Gasteiger partial charge in [0.2, 0.25) is 6.04 Å². The fraction of sp³-hybridized carbons (Fsp3) is 0.400. The average Bonchev–Trinajstić information content (AvgIpc) is 2.16. The maximum absolute atomic E-state index is 10.3. The van der Waals surface area contributed by atoms with Gasteiger partial charge in [0.25, 0.3) is 0 Å².